The Hall–Kier alpha value is -3.83. The van der Waals surface area contributed by atoms with E-state index >= 15 is 0 Å². The minimum absolute atomic E-state index is 0.0200. The minimum Gasteiger partial charge on any atom is -0.423 e. The minimum atomic E-state index is -0.578. The number of carbonyl (C=O) groups is 1. The summed E-state index contributed by atoms with van der Waals surface area (Å²) in [5.41, 5.74) is 0.941. The number of hydrogen-bond acceptors (Lipinski definition) is 8. The molecule has 2 N–H and O–H groups in total. The topological polar surface area (TPSA) is 127 Å². The summed E-state index contributed by atoms with van der Waals surface area (Å²) in [4.78, 5) is 36.8. The molecular weight excluding hydrogens is 436 g/mol. The molecule has 2 aromatic carbocycles. The highest BCUT2D eigenvalue weighted by Gasteiger charge is 2.23. The second-order valence-electron chi connectivity index (χ2n) is 6.98. The summed E-state index contributed by atoms with van der Waals surface area (Å²) < 4.78 is 10.4. The highest BCUT2D eigenvalue weighted by atomic mass is 32.1. The molecule has 10 nitrogen and oxygen atoms in total. The molecule has 1 aliphatic rings. The van der Waals surface area contributed by atoms with Crippen molar-refractivity contribution in [2.75, 3.05) is 36.5 Å². The van der Waals surface area contributed by atoms with E-state index in [1.807, 2.05) is 4.90 Å². The molecule has 32 heavy (non-hydrogen) atoms. The maximum atomic E-state index is 12.6. The van der Waals surface area contributed by atoms with Crippen LogP contribution in [0.2, 0.25) is 0 Å². The number of nitro groups is 1. The average Bonchev–Trinajstić information content (AvgIpc) is 2.79. The molecule has 0 bridgehead atoms. The Bertz CT molecular complexity index is 1270. The van der Waals surface area contributed by atoms with Gasteiger partial charge in [0.15, 0.2) is 5.11 Å². The number of ether oxygens (including phenoxy) is 1. The Morgan fingerprint density at radius 1 is 1.09 bits per heavy atom. The fraction of sp³-hybridized carbons (Fsp3) is 0.190. The zero-order chi connectivity index (χ0) is 22.7. The molecule has 11 heteroatoms. The number of benzene rings is 2. The van der Waals surface area contributed by atoms with Gasteiger partial charge in [0.2, 0.25) is 0 Å². The van der Waals surface area contributed by atoms with Crippen molar-refractivity contribution in [2.24, 2.45) is 0 Å². The van der Waals surface area contributed by atoms with Crippen LogP contribution in [-0.4, -0.2) is 42.2 Å². The molecule has 4 rings (SSSR count). The van der Waals surface area contributed by atoms with Crippen molar-refractivity contribution in [3.8, 4) is 0 Å². The van der Waals surface area contributed by atoms with Gasteiger partial charge in [-0.25, -0.2) is 4.79 Å². The van der Waals surface area contributed by atoms with Crippen LogP contribution in [-0.2, 0) is 4.74 Å². The van der Waals surface area contributed by atoms with Crippen molar-refractivity contribution in [1.82, 2.24) is 5.32 Å². The largest absolute Gasteiger partial charge is 0.423 e. The molecule has 1 fully saturated rings. The Labute approximate surface area is 186 Å². The quantitative estimate of drug-likeness (QED) is 0.265. The van der Waals surface area contributed by atoms with E-state index in [0.717, 1.165) is 0 Å². The Morgan fingerprint density at radius 2 is 1.88 bits per heavy atom. The third kappa shape index (κ3) is 4.74. The lowest BCUT2D eigenvalue weighted by atomic mass is 10.1. The van der Waals surface area contributed by atoms with Gasteiger partial charge in [-0.15, -0.1) is 0 Å². The van der Waals surface area contributed by atoms with Crippen LogP contribution in [0.1, 0.15) is 10.4 Å². The maximum absolute atomic E-state index is 12.6. The van der Waals surface area contributed by atoms with E-state index in [1.165, 1.54) is 18.2 Å². The zero-order valence-electron chi connectivity index (χ0n) is 16.7. The van der Waals surface area contributed by atoms with Crippen LogP contribution >= 0.6 is 12.2 Å². The molecule has 0 atom stereocenters. The molecular formula is C21H18N4O6S. The van der Waals surface area contributed by atoms with Gasteiger partial charge in [-0.2, -0.15) is 0 Å². The Kier molecular flexibility index (Phi) is 6.10. The van der Waals surface area contributed by atoms with Gasteiger partial charge in [-0.1, -0.05) is 0 Å². The van der Waals surface area contributed by atoms with Crippen molar-refractivity contribution in [3.63, 3.8) is 0 Å². The van der Waals surface area contributed by atoms with Crippen molar-refractivity contribution in [2.45, 2.75) is 0 Å². The van der Waals surface area contributed by atoms with E-state index in [2.05, 4.69) is 10.6 Å². The SMILES string of the molecule is O=C(NC(=S)Nc1ccc2oc(=O)ccc2c1)c1ccc(N2CCOCC2)c([N+](=O)[O-])c1. The molecule has 1 saturated heterocycles. The predicted octanol–water partition coefficient (Wildman–Crippen LogP) is 2.66. The molecule has 2 heterocycles. The van der Waals surface area contributed by atoms with Gasteiger partial charge in [0.05, 0.1) is 18.1 Å². The number of amides is 1. The predicted molar refractivity (Wildman–Crippen MR) is 122 cm³/mol. The van der Waals surface area contributed by atoms with Crippen LogP contribution < -0.4 is 21.2 Å². The molecule has 0 radical (unpaired) electrons. The molecule has 3 aromatic rings. The molecule has 1 amide bonds. The molecule has 0 aliphatic carbocycles. The van der Waals surface area contributed by atoms with Crippen molar-refractivity contribution >= 4 is 51.3 Å². The van der Waals surface area contributed by atoms with Crippen LogP contribution in [0.25, 0.3) is 11.0 Å². The van der Waals surface area contributed by atoms with E-state index in [1.54, 1.807) is 30.3 Å². The number of anilines is 2. The molecule has 1 aliphatic heterocycles. The summed E-state index contributed by atoms with van der Waals surface area (Å²) in [7, 11) is 0. The average molecular weight is 454 g/mol. The van der Waals surface area contributed by atoms with Crippen molar-refractivity contribution < 1.29 is 18.9 Å². The molecule has 0 saturated carbocycles. The second-order valence-corrected chi connectivity index (χ2v) is 7.38. The second kappa shape index (κ2) is 9.12. The summed E-state index contributed by atoms with van der Waals surface area (Å²) in [6.45, 7) is 2.05. The number of nitrogens with one attached hydrogen (secondary N) is 2. The summed E-state index contributed by atoms with van der Waals surface area (Å²) in [6, 6.07) is 12.2. The first kappa shape index (κ1) is 21.4. The fourth-order valence-electron chi connectivity index (χ4n) is 3.37. The highest BCUT2D eigenvalue weighted by Crippen LogP contribution is 2.30. The van der Waals surface area contributed by atoms with Gasteiger partial charge in [-0.3, -0.25) is 20.2 Å². The van der Waals surface area contributed by atoms with Crippen LogP contribution in [0.3, 0.4) is 0 Å². The van der Waals surface area contributed by atoms with Crippen LogP contribution in [0, 0.1) is 10.1 Å². The van der Waals surface area contributed by atoms with E-state index in [-0.39, 0.29) is 16.4 Å². The third-order valence-corrected chi connectivity index (χ3v) is 5.09. The summed E-state index contributed by atoms with van der Waals surface area (Å²) in [5, 5.41) is 17.7. The summed E-state index contributed by atoms with van der Waals surface area (Å²) in [5.74, 6) is -0.578. The van der Waals surface area contributed by atoms with Crippen LogP contribution in [0.15, 0.2) is 57.7 Å². The molecule has 0 unspecified atom stereocenters. The lowest BCUT2D eigenvalue weighted by Crippen LogP contribution is -2.37. The van der Waals surface area contributed by atoms with Crippen LogP contribution in [0.5, 0.6) is 0 Å². The first-order valence-corrected chi connectivity index (χ1v) is 10.1. The van der Waals surface area contributed by atoms with E-state index in [4.69, 9.17) is 21.4 Å². The molecule has 164 valence electrons. The standard InChI is InChI=1S/C21H18N4O6S/c26-19-6-2-13-11-15(3-5-18(13)31-19)22-21(32)23-20(27)14-1-4-16(17(12-14)25(28)29)24-7-9-30-10-8-24/h1-6,11-12H,7-10H2,(H2,22,23,27,32). The zero-order valence-corrected chi connectivity index (χ0v) is 17.5. The monoisotopic (exact) mass is 454 g/mol. The number of carbonyl (C=O) groups excluding carboxylic acids is 1. The Morgan fingerprint density at radius 3 is 2.62 bits per heavy atom. The lowest BCUT2D eigenvalue weighted by molar-refractivity contribution is -0.384. The number of thiocarbonyl (C=S) groups is 1. The Balaban J connectivity index is 1.47. The number of morpholine rings is 1. The van der Waals surface area contributed by atoms with Gasteiger partial charge in [-0.05, 0) is 48.6 Å². The number of nitrogens with zero attached hydrogens (tertiary/aromatic N) is 2. The number of nitro benzene ring substituents is 1. The van der Waals surface area contributed by atoms with E-state index in [0.29, 0.717) is 48.6 Å². The fourth-order valence-corrected chi connectivity index (χ4v) is 3.58. The van der Waals surface area contributed by atoms with E-state index < -0.39 is 16.5 Å². The normalized spacial score (nSPS) is 13.6. The van der Waals surface area contributed by atoms with Crippen molar-refractivity contribution in [3.05, 3.63) is 74.6 Å². The van der Waals surface area contributed by atoms with Gasteiger partial charge in [0.25, 0.3) is 11.6 Å². The van der Waals surface area contributed by atoms with Gasteiger partial charge in [0.1, 0.15) is 11.3 Å². The number of rotatable bonds is 4. The van der Waals surface area contributed by atoms with Gasteiger partial charge >= 0.3 is 5.63 Å². The van der Waals surface area contributed by atoms with E-state index in [9.17, 15) is 19.7 Å². The molecule has 0 spiro atoms. The number of fused-ring (bicyclic) bond motifs is 1. The van der Waals surface area contributed by atoms with Crippen molar-refractivity contribution in [1.29, 1.82) is 0 Å². The van der Waals surface area contributed by atoms with Gasteiger partial charge in [0, 0.05) is 41.9 Å². The third-order valence-electron chi connectivity index (χ3n) is 4.89. The smallest absolute Gasteiger partial charge is 0.336 e. The highest BCUT2D eigenvalue weighted by molar-refractivity contribution is 7.80. The lowest BCUT2D eigenvalue weighted by Gasteiger charge is -2.28. The molecule has 1 aromatic heterocycles. The number of hydrogen-bond donors (Lipinski definition) is 2. The van der Waals surface area contributed by atoms with Gasteiger partial charge < -0.3 is 19.4 Å². The first-order valence-electron chi connectivity index (χ1n) is 9.68. The summed E-state index contributed by atoms with van der Waals surface area (Å²) in [6.07, 6.45) is 0. The van der Waals surface area contributed by atoms with Crippen LogP contribution in [0.4, 0.5) is 17.1 Å². The summed E-state index contributed by atoms with van der Waals surface area (Å²) >= 11 is 5.20. The first-order chi connectivity index (χ1) is 15.4. The maximum Gasteiger partial charge on any atom is 0.336 e.